The lowest BCUT2D eigenvalue weighted by molar-refractivity contribution is 1.04. The van der Waals surface area contributed by atoms with Crippen LogP contribution in [0.5, 0.6) is 0 Å². The van der Waals surface area contributed by atoms with Crippen molar-refractivity contribution in [2.24, 2.45) is 0 Å². The van der Waals surface area contributed by atoms with E-state index in [2.05, 4.69) is 22.0 Å². The summed E-state index contributed by atoms with van der Waals surface area (Å²) in [7, 11) is 0. The highest BCUT2D eigenvalue weighted by molar-refractivity contribution is 6.29. The predicted octanol–water partition coefficient (Wildman–Crippen LogP) is 0.587. The summed E-state index contributed by atoms with van der Waals surface area (Å²) in [6.45, 7) is 0. The van der Waals surface area contributed by atoms with Crippen LogP contribution in [0.2, 0.25) is 5.15 Å². The van der Waals surface area contributed by atoms with Gasteiger partial charge in [-0.2, -0.15) is 5.26 Å². The highest BCUT2D eigenvalue weighted by atomic mass is 35.5. The summed E-state index contributed by atoms with van der Waals surface area (Å²) in [5.41, 5.74) is 5.80. The van der Waals surface area contributed by atoms with Crippen LogP contribution >= 0.6 is 11.6 Å². The average Bonchev–Trinajstić information content (AvgIpc) is 2.07. The van der Waals surface area contributed by atoms with E-state index in [1.165, 1.54) is 6.07 Å². The lowest BCUT2D eigenvalue weighted by Gasteiger charge is -1.93. The number of nitrogen functional groups attached to an aromatic ring is 1. The number of hydrogen-bond donors (Lipinski definition) is 1. The van der Waals surface area contributed by atoms with Gasteiger partial charge in [0.15, 0.2) is 17.0 Å². The van der Waals surface area contributed by atoms with Crippen molar-refractivity contribution >= 4 is 17.4 Å². The van der Waals surface area contributed by atoms with Gasteiger partial charge in [0, 0.05) is 5.92 Å². The highest BCUT2D eigenvalue weighted by Crippen LogP contribution is 2.09. The molecule has 5 heteroatoms. The van der Waals surface area contributed by atoms with Crippen LogP contribution in [-0.2, 0) is 0 Å². The number of halogens is 1. The number of nitriles is 1. The molecule has 0 radical (unpaired) electrons. The van der Waals surface area contributed by atoms with Gasteiger partial charge in [0.25, 0.3) is 0 Å². The normalized spacial score (nSPS) is 8.00. The van der Waals surface area contributed by atoms with Gasteiger partial charge in [0.05, 0.1) is 5.56 Å². The Kier molecular flexibility index (Phi) is 2.47. The lowest BCUT2D eigenvalue weighted by atomic mass is 10.3. The minimum absolute atomic E-state index is 0.169. The molecular weight excluding hydrogens is 176 g/mol. The Hall–Kier alpha value is -1.78. The predicted molar refractivity (Wildman–Crippen MR) is 43.9 cm³/mol. The van der Waals surface area contributed by atoms with E-state index in [0.717, 1.165) is 0 Å². The minimum atomic E-state index is 0.169. The van der Waals surface area contributed by atoms with Gasteiger partial charge in [-0.25, -0.2) is 0 Å². The molecule has 58 valence electrons. The van der Waals surface area contributed by atoms with Crippen molar-refractivity contribution in [3.63, 3.8) is 0 Å². The van der Waals surface area contributed by atoms with Gasteiger partial charge in [-0.3, -0.25) is 0 Å². The molecule has 0 fully saturated rings. The first-order valence-electron chi connectivity index (χ1n) is 2.93. The number of nitrogens with zero attached hydrogens (tertiary/aromatic N) is 3. The third-order valence-corrected chi connectivity index (χ3v) is 1.23. The Morgan fingerprint density at radius 1 is 1.50 bits per heavy atom. The van der Waals surface area contributed by atoms with E-state index in [0.29, 0.717) is 5.56 Å². The molecule has 1 aromatic heterocycles. The molecule has 0 atom stereocenters. The topological polar surface area (TPSA) is 75.6 Å². The Balaban J connectivity index is 3.16. The number of aromatic nitrogens is 2. The zero-order valence-electron chi connectivity index (χ0n) is 5.87. The van der Waals surface area contributed by atoms with Crippen molar-refractivity contribution in [1.29, 1.82) is 5.26 Å². The first-order valence-corrected chi connectivity index (χ1v) is 3.30. The second kappa shape index (κ2) is 3.56. The van der Waals surface area contributed by atoms with Crippen LogP contribution in [0, 0.1) is 23.2 Å². The molecular formula is C7H3ClN4. The quantitative estimate of drug-likeness (QED) is 0.590. The van der Waals surface area contributed by atoms with E-state index in [9.17, 15) is 0 Å². The smallest absolute Gasteiger partial charge is 0.162 e. The van der Waals surface area contributed by atoms with Crippen LogP contribution in [0.3, 0.4) is 0 Å². The molecule has 0 amide bonds. The summed E-state index contributed by atoms with van der Waals surface area (Å²) >= 11 is 5.52. The molecule has 0 bridgehead atoms. The van der Waals surface area contributed by atoms with E-state index in [-0.39, 0.29) is 11.0 Å². The summed E-state index contributed by atoms with van der Waals surface area (Å²) in [5.74, 6) is 4.83. The molecule has 0 aliphatic heterocycles. The van der Waals surface area contributed by atoms with Crippen molar-refractivity contribution in [2.45, 2.75) is 0 Å². The number of hydrogen-bond acceptors (Lipinski definition) is 4. The first-order chi connectivity index (χ1) is 5.74. The van der Waals surface area contributed by atoms with Gasteiger partial charge >= 0.3 is 0 Å². The van der Waals surface area contributed by atoms with E-state index in [4.69, 9.17) is 22.6 Å². The van der Waals surface area contributed by atoms with Gasteiger partial charge in [0.1, 0.15) is 0 Å². The second-order valence-electron chi connectivity index (χ2n) is 1.83. The Labute approximate surface area is 74.0 Å². The van der Waals surface area contributed by atoms with Gasteiger partial charge in [-0.15, -0.1) is 10.2 Å². The number of rotatable bonds is 0. The zero-order valence-corrected chi connectivity index (χ0v) is 6.63. The maximum atomic E-state index is 8.15. The molecule has 2 N–H and O–H groups in total. The van der Waals surface area contributed by atoms with E-state index in [1.807, 2.05) is 0 Å². The average molecular weight is 179 g/mol. The highest BCUT2D eigenvalue weighted by Gasteiger charge is 1.98. The van der Waals surface area contributed by atoms with Gasteiger partial charge in [-0.1, -0.05) is 11.6 Å². The molecule has 0 unspecified atom stereocenters. The Bertz CT molecular complexity index is 396. The van der Waals surface area contributed by atoms with Gasteiger partial charge in [-0.05, 0) is 12.0 Å². The van der Waals surface area contributed by atoms with E-state index >= 15 is 0 Å². The molecule has 1 rings (SSSR count). The van der Waals surface area contributed by atoms with E-state index < -0.39 is 0 Å². The molecule has 1 aromatic rings. The summed E-state index contributed by atoms with van der Waals surface area (Å²) in [5, 5.41) is 15.4. The molecule has 0 saturated carbocycles. The fraction of sp³-hybridized carbons (Fsp3) is 0. The number of anilines is 1. The molecule has 0 spiro atoms. The summed E-state index contributed by atoms with van der Waals surface area (Å²) in [6.07, 6.45) is 0. The molecule has 0 saturated heterocycles. The van der Waals surface area contributed by atoms with Crippen LogP contribution < -0.4 is 5.73 Å². The fourth-order valence-electron chi connectivity index (χ4n) is 0.573. The lowest BCUT2D eigenvalue weighted by Crippen LogP contribution is -1.96. The Morgan fingerprint density at radius 3 is 2.92 bits per heavy atom. The fourth-order valence-corrected chi connectivity index (χ4v) is 0.720. The Morgan fingerprint density at radius 2 is 2.25 bits per heavy atom. The van der Waals surface area contributed by atoms with Crippen molar-refractivity contribution < 1.29 is 0 Å². The van der Waals surface area contributed by atoms with Crippen LogP contribution in [0.1, 0.15) is 5.56 Å². The third kappa shape index (κ3) is 1.85. The molecule has 1 heterocycles. The van der Waals surface area contributed by atoms with E-state index in [1.54, 1.807) is 6.07 Å². The molecule has 0 aromatic carbocycles. The minimum Gasteiger partial charge on any atom is -0.381 e. The monoisotopic (exact) mass is 178 g/mol. The first kappa shape index (κ1) is 8.32. The van der Waals surface area contributed by atoms with Crippen molar-refractivity contribution in [3.8, 4) is 17.9 Å². The van der Waals surface area contributed by atoms with Crippen molar-refractivity contribution in [2.75, 3.05) is 5.73 Å². The standard InChI is InChI=1S/C7H3ClN4/c8-6-4-5(2-1-3-9)7(10)12-11-6/h4H,(H2,10,12). The van der Waals surface area contributed by atoms with Gasteiger partial charge < -0.3 is 5.73 Å². The zero-order chi connectivity index (χ0) is 8.97. The molecule has 4 nitrogen and oxygen atoms in total. The number of nitrogens with two attached hydrogens (primary N) is 1. The summed E-state index contributed by atoms with van der Waals surface area (Å²) in [6, 6.07) is 3.11. The van der Waals surface area contributed by atoms with Crippen LogP contribution in [0.25, 0.3) is 0 Å². The molecule has 12 heavy (non-hydrogen) atoms. The van der Waals surface area contributed by atoms with Crippen molar-refractivity contribution in [3.05, 3.63) is 16.8 Å². The van der Waals surface area contributed by atoms with Crippen LogP contribution in [-0.4, -0.2) is 10.2 Å². The second-order valence-corrected chi connectivity index (χ2v) is 2.22. The van der Waals surface area contributed by atoms with Crippen LogP contribution in [0.15, 0.2) is 6.07 Å². The maximum Gasteiger partial charge on any atom is 0.162 e. The summed E-state index contributed by atoms with van der Waals surface area (Å²) < 4.78 is 0. The largest absolute Gasteiger partial charge is 0.381 e. The van der Waals surface area contributed by atoms with Crippen molar-refractivity contribution in [1.82, 2.24) is 10.2 Å². The van der Waals surface area contributed by atoms with Gasteiger partial charge in [0.2, 0.25) is 0 Å². The summed E-state index contributed by atoms with van der Waals surface area (Å²) in [4.78, 5) is 0. The maximum absolute atomic E-state index is 8.15. The van der Waals surface area contributed by atoms with Crippen LogP contribution in [0.4, 0.5) is 5.82 Å². The molecule has 0 aliphatic carbocycles. The molecule has 0 aliphatic rings. The third-order valence-electron chi connectivity index (χ3n) is 1.05. The SMILES string of the molecule is N#CC#Cc1cc(Cl)nnc1N.